The van der Waals surface area contributed by atoms with E-state index in [0.29, 0.717) is 34.1 Å². The van der Waals surface area contributed by atoms with Crippen LogP contribution in [0, 0.1) is 0 Å². The van der Waals surface area contributed by atoms with Gasteiger partial charge in [-0.2, -0.15) is 0 Å². The van der Waals surface area contributed by atoms with Crippen LogP contribution in [0.3, 0.4) is 0 Å². The van der Waals surface area contributed by atoms with Crippen molar-refractivity contribution < 1.29 is 28.9 Å². The normalized spacial score (nSPS) is 18.2. The van der Waals surface area contributed by atoms with E-state index in [4.69, 9.17) is 24.9 Å². The number of hydrogen-bond acceptors (Lipinski definition) is 9. The summed E-state index contributed by atoms with van der Waals surface area (Å²) < 4.78 is 18.0. The summed E-state index contributed by atoms with van der Waals surface area (Å²) in [5, 5.41) is 14.8. The van der Waals surface area contributed by atoms with E-state index in [1.54, 1.807) is 29.7 Å². The van der Waals surface area contributed by atoms with Gasteiger partial charge in [0.1, 0.15) is 6.61 Å². The summed E-state index contributed by atoms with van der Waals surface area (Å²) in [5.41, 5.74) is 8.31. The molecule has 0 saturated carbocycles. The number of esters is 1. The number of benzene rings is 2. The van der Waals surface area contributed by atoms with Crippen LogP contribution in [-0.2, 0) is 33.1 Å². The zero-order valence-electron chi connectivity index (χ0n) is 21.4. The van der Waals surface area contributed by atoms with Crippen molar-refractivity contribution >= 4 is 28.5 Å². The van der Waals surface area contributed by atoms with Crippen LogP contribution in [0.5, 0.6) is 11.5 Å². The Morgan fingerprint density at radius 2 is 1.93 bits per heavy atom. The molecular formula is C29H24N4O7. The molecule has 1 atom stereocenters. The van der Waals surface area contributed by atoms with E-state index in [2.05, 4.69) is 5.32 Å². The first-order valence-corrected chi connectivity index (χ1v) is 12.9. The summed E-state index contributed by atoms with van der Waals surface area (Å²) in [6.45, 7) is 1.61. The average Bonchev–Trinajstić information content (AvgIpc) is 3.57. The van der Waals surface area contributed by atoms with Gasteiger partial charge in [-0.15, -0.1) is 0 Å². The second-order valence-corrected chi connectivity index (χ2v) is 9.97. The molecular weight excluding hydrogens is 516 g/mol. The lowest BCUT2D eigenvalue weighted by Gasteiger charge is -2.31. The zero-order valence-corrected chi connectivity index (χ0v) is 21.4. The molecule has 2 aromatic carbocycles. The number of pyridine rings is 2. The Balaban J connectivity index is 1.51. The molecule has 0 spiro atoms. The molecule has 0 bridgehead atoms. The highest BCUT2D eigenvalue weighted by Crippen LogP contribution is 2.46. The monoisotopic (exact) mass is 540 g/mol. The minimum Gasteiger partial charge on any atom is -0.458 e. The van der Waals surface area contributed by atoms with Crippen LogP contribution in [0.4, 0.5) is 5.69 Å². The molecule has 1 amide bonds. The Hall–Kier alpha value is -4.74. The van der Waals surface area contributed by atoms with E-state index in [0.717, 1.165) is 22.1 Å². The Bertz CT molecular complexity index is 1850. The SMILES string of the molecule is CC[C@@]1(O)C(=O)OCc2c1cc1n(c2=O)Cc2c-1nc1cc3c(cc1c2-c1cccc(NC(=O)CN)c1)OCO3. The first kappa shape index (κ1) is 24.3. The van der Waals surface area contributed by atoms with Gasteiger partial charge in [-0.3, -0.25) is 9.59 Å². The van der Waals surface area contributed by atoms with Crippen LogP contribution < -0.4 is 26.1 Å². The minimum absolute atomic E-state index is 0.0514. The molecule has 4 aromatic rings. The van der Waals surface area contributed by atoms with Crippen molar-refractivity contribution in [3.05, 3.63) is 69.5 Å². The number of fused-ring (bicyclic) bond motifs is 6. The molecule has 202 valence electrons. The van der Waals surface area contributed by atoms with Crippen LogP contribution in [0.15, 0.2) is 47.3 Å². The molecule has 0 unspecified atom stereocenters. The van der Waals surface area contributed by atoms with Crippen LogP contribution in [0.1, 0.15) is 30.0 Å². The fourth-order valence-corrected chi connectivity index (χ4v) is 5.76. The largest absolute Gasteiger partial charge is 0.458 e. The summed E-state index contributed by atoms with van der Waals surface area (Å²) in [7, 11) is 0. The van der Waals surface area contributed by atoms with Gasteiger partial charge in [0.05, 0.1) is 35.6 Å². The summed E-state index contributed by atoms with van der Waals surface area (Å²) in [6.07, 6.45) is 0.0514. The molecule has 0 radical (unpaired) electrons. The predicted octanol–water partition coefficient (Wildman–Crippen LogP) is 2.37. The van der Waals surface area contributed by atoms with Crippen molar-refractivity contribution in [1.29, 1.82) is 0 Å². The van der Waals surface area contributed by atoms with E-state index in [1.807, 2.05) is 24.3 Å². The number of rotatable bonds is 4. The van der Waals surface area contributed by atoms with Crippen LogP contribution in [0.2, 0.25) is 0 Å². The number of nitrogens with one attached hydrogen (secondary N) is 1. The Morgan fingerprint density at radius 3 is 2.70 bits per heavy atom. The summed E-state index contributed by atoms with van der Waals surface area (Å²) >= 11 is 0. The van der Waals surface area contributed by atoms with Gasteiger partial charge in [0.25, 0.3) is 5.56 Å². The fourth-order valence-electron chi connectivity index (χ4n) is 5.76. The highest BCUT2D eigenvalue weighted by molar-refractivity contribution is 6.02. The first-order chi connectivity index (χ1) is 19.3. The van der Waals surface area contributed by atoms with E-state index < -0.39 is 11.6 Å². The number of anilines is 1. The quantitative estimate of drug-likeness (QED) is 0.291. The highest BCUT2D eigenvalue weighted by atomic mass is 16.7. The maximum atomic E-state index is 13.7. The number of ether oxygens (including phenoxy) is 3. The molecule has 5 heterocycles. The second kappa shape index (κ2) is 8.63. The number of aromatic nitrogens is 2. The van der Waals surface area contributed by atoms with Crippen molar-refractivity contribution in [2.75, 3.05) is 18.7 Å². The van der Waals surface area contributed by atoms with E-state index in [9.17, 15) is 19.5 Å². The smallest absolute Gasteiger partial charge is 0.343 e. The maximum Gasteiger partial charge on any atom is 0.343 e. The van der Waals surface area contributed by atoms with Crippen molar-refractivity contribution in [2.24, 2.45) is 5.73 Å². The Kier molecular flexibility index (Phi) is 5.25. The molecule has 40 heavy (non-hydrogen) atoms. The fraction of sp³-hybridized carbons (Fsp3) is 0.241. The average molecular weight is 541 g/mol. The molecule has 3 aliphatic heterocycles. The van der Waals surface area contributed by atoms with Crippen molar-refractivity contribution in [2.45, 2.75) is 32.1 Å². The number of nitrogens with two attached hydrogens (primary N) is 1. The van der Waals surface area contributed by atoms with Gasteiger partial charge in [-0.05, 0) is 41.8 Å². The van der Waals surface area contributed by atoms with Gasteiger partial charge >= 0.3 is 5.97 Å². The van der Waals surface area contributed by atoms with E-state index in [-0.39, 0.29) is 55.5 Å². The number of cyclic esters (lactones) is 1. The van der Waals surface area contributed by atoms with Gasteiger partial charge < -0.3 is 34.9 Å². The number of carbonyl (C=O) groups is 2. The van der Waals surface area contributed by atoms with Crippen molar-refractivity contribution in [3.8, 4) is 34.0 Å². The Labute approximate surface area is 227 Å². The lowest BCUT2D eigenvalue weighted by molar-refractivity contribution is -0.172. The predicted molar refractivity (Wildman–Crippen MR) is 144 cm³/mol. The van der Waals surface area contributed by atoms with Gasteiger partial charge in [-0.25, -0.2) is 9.78 Å². The van der Waals surface area contributed by atoms with Crippen LogP contribution in [-0.4, -0.2) is 39.9 Å². The number of aliphatic hydroxyl groups is 1. The van der Waals surface area contributed by atoms with Gasteiger partial charge in [-0.1, -0.05) is 19.1 Å². The summed E-state index contributed by atoms with van der Waals surface area (Å²) in [5.74, 6) is 0.0324. The Morgan fingerprint density at radius 1 is 1.12 bits per heavy atom. The lowest BCUT2D eigenvalue weighted by Crippen LogP contribution is -2.44. The summed E-state index contributed by atoms with van der Waals surface area (Å²) in [4.78, 5) is 43.2. The number of carbonyl (C=O) groups excluding carboxylic acids is 2. The van der Waals surface area contributed by atoms with Gasteiger partial charge in [0.2, 0.25) is 12.7 Å². The number of nitrogens with zero attached hydrogens (tertiary/aromatic N) is 2. The first-order valence-electron chi connectivity index (χ1n) is 12.9. The molecule has 0 fully saturated rings. The highest BCUT2D eigenvalue weighted by Gasteiger charge is 2.45. The van der Waals surface area contributed by atoms with Gasteiger partial charge in [0, 0.05) is 28.3 Å². The molecule has 0 aliphatic carbocycles. The summed E-state index contributed by atoms with van der Waals surface area (Å²) in [6, 6.07) is 12.7. The van der Waals surface area contributed by atoms with E-state index >= 15 is 0 Å². The van der Waals surface area contributed by atoms with Crippen LogP contribution in [0.25, 0.3) is 33.4 Å². The van der Waals surface area contributed by atoms with Gasteiger partial charge in [0.15, 0.2) is 17.1 Å². The standard InChI is InChI=1S/C29H24N4O7/c1-2-29(37)19-8-21-26-17(11-33(21)27(35)18(19)12-38-28(29)36)25(14-4-3-5-15(6-14)31-24(34)10-30)16-7-22-23(40-13-39-22)9-20(16)32-26/h3-9,37H,2,10-13,30H2,1H3,(H,31,34)/t29-/m0/s1. The molecule has 2 aromatic heterocycles. The van der Waals surface area contributed by atoms with E-state index in [1.165, 1.54) is 0 Å². The molecule has 4 N–H and O–H groups in total. The molecule has 7 rings (SSSR count). The van der Waals surface area contributed by atoms with Crippen molar-refractivity contribution in [3.63, 3.8) is 0 Å². The second-order valence-electron chi connectivity index (χ2n) is 9.97. The third-order valence-corrected chi connectivity index (χ3v) is 7.80. The third-order valence-electron chi connectivity index (χ3n) is 7.80. The molecule has 11 nitrogen and oxygen atoms in total. The minimum atomic E-state index is -1.92. The topological polar surface area (TPSA) is 155 Å². The third kappa shape index (κ3) is 3.38. The molecule has 3 aliphatic rings. The van der Waals surface area contributed by atoms with Crippen molar-refractivity contribution in [1.82, 2.24) is 9.55 Å². The van der Waals surface area contributed by atoms with Crippen LogP contribution >= 0.6 is 0 Å². The lowest BCUT2D eigenvalue weighted by atomic mass is 9.86. The molecule has 0 saturated heterocycles. The molecule has 11 heteroatoms. The zero-order chi connectivity index (χ0) is 27.8. The maximum absolute atomic E-state index is 13.7. The number of hydrogen-bond donors (Lipinski definition) is 3. The number of amides is 1.